The third-order valence-electron chi connectivity index (χ3n) is 4.49. The first-order valence-electron chi connectivity index (χ1n) is 9.62. The zero-order chi connectivity index (χ0) is 20.8. The molecule has 0 radical (unpaired) electrons. The predicted molar refractivity (Wildman–Crippen MR) is 104 cm³/mol. The zero-order valence-electron chi connectivity index (χ0n) is 16.9. The molecule has 0 unspecified atom stereocenters. The number of esters is 1. The number of nitrogens with zero attached hydrogens (tertiary/aromatic N) is 1. The molecule has 1 aliphatic rings. The Morgan fingerprint density at radius 3 is 2.07 bits per heavy atom. The van der Waals surface area contributed by atoms with E-state index < -0.39 is 36.3 Å². The van der Waals surface area contributed by atoms with Gasteiger partial charge in [0.15, 0.2) is 6.61 Å². The quantitative estimate of drug-likeness (QED) is 0.518. The lowest BCUT2D eigenvalue weighted by Gasteiger charge is -2.25. The Labute approximate surface area is 165 Å². The van der Waals surface area contributed by atoms with E-state index in [2.05, 4.69) is 5.32 Å². The summed E-state index contributed by atoms with van der Waals surface area (Å²) in [4.78, 5) is 50.9. The Balaban J connectivity index is 2.06. The van der Waals surface area contributed by atoms with Crippen LogP contribution in [0.2, 0.25) is 0 Å². The number of amides is 3. The first-order chi connectivity index (χ1) is 13.2. The minimum Gasteiger partial charge on any atom is -0.454 e. The summed E-state index contributed by atoms with van der Waals surface area (Å²) in [5.41, 5.74) is 0.556. The molecule has 0 spiro atoms. The van der Waals surface area contributed by atoms with E-state index in [-0.39, 0.29) is 23.5 Å². The second kappa shape index (κ2) is 9.48. The summed E-state index contributed by atoms with van der Waals surface area (Å²) in [6, 6.07) is 5.41. The summed E-state index contributed by atoms with van der Waals surface area (Å²) in [5.74, 6) is -1.68. The SMILES string of the molecule is CC(C)CCNC(=O)COC(=O)[C@@H](CC(C)C)N1C(=O)c2ccccc2C1=O. The van der Waals surface area contributed by atoms with Gasteiger partial charge in [0.05, 0.1) is 11.1 Å². The van der Waals surface area contributed by atoms with E-state index in [0.29, 0.717) is 12.5 Å². The van der Waals surface area contributed by atoms with Crippen LogP contribution in [0.1, 0.15) is 61.3 Å². The summed E-state index contributed by atoms with van der Waals surface area (Å²) in [7, 11) is 0. The summed E-state index contributed by atoms with van der Waals surface area (Å²) >= 11 is 0. The van der Waals surface area contributed by atoms with Gasteiger partial charge in [-0.2, -0.15) is 0 Å². The van der Waals surface area contributed by atoms with Gasteiger partial charge in [0.1, 0.15) is 6.04 Å². The van der Waals surface area contributed by atoms with Crippen molar-refractivity contribution in [1.29, 1.82) is 0 Å². The van der Waals surface area contributed by atoms with Crippen LogP contribution < -0.4 is 5.32 Å². The van der Waals surface area contributed by atoms with Crippen molar-refractivity contribution in [2.45, 2.75) is 46.6 Å². The molecule has 1 aromatic carbocycles. The molecule has 0 aromatic heterocycles. The molecule has 28 heavy (non-hydrogen) atoms. The van der Waals surface area contributed by atoms with Crippen LogP contribution in [0, 0.1) is 11.8 Å². The number of carbonyl (C=O) groups excluding carboxylic acids is 4. The predicted octanol–water partition coefficient (Wildman–Crippen LogP) is 2.40. The van der Waals surface area contributed by atoms with Crippen molar-refractivity contribution in [2.75, 3.05) is 13.2 Å². The molecule has 7 nitrogen and oxygen atoms in total. The Hall–Kier alpha value is -2.70. The smallest absolute Gasteiger partial charge is 0.329 e. The number of benzene rings is 1. The Morgan fingerprint density at radius 1 is 1.00 bits per heavy atom. The number of imide groups is 1. The number of carbonyl (C=O) groups is 4. The van der Waals surface area contributed by atoms with E-state index >= 15 is 0 Å². The van der Waals surface area contributed by atoms with Crippen molar-refractivity contribution < 1.29 is 23.9 Å². The number of hydrogen-bond acceptors (Lipinski definition) is 5. The zero-order valence-corrected chi connectivity index (χ0v) is 16.9. The molecule has 152 valence electrons. The molecule has 7 heteroatoms. The Bertz CT molecular complexity index is 722. The van der Waals surface area contributed by atoms with Crippen molar-refractivity contribution in [1.82, 2.24) is 10.2 Å². The molecule has 3 amide bonds. The highest BCUT2D eigenvalue weighted by molar-refractivity contribution is 6.22. The van der Waals surface area contributed by atoms with E-state index in [0.717, 1.165) is 11.3 Å². The summed E-state index contributed by atoms with van der Waals surface area (Å²) in [6.45, 7) is 7.93. The molecule has 0 saturated heterocycles. The lowest BCUT2D eigenvalue weighted by Crippen LogP contribution is -2.47. The van der Waals surface area contributed by atoms with Crippen molar-refractivity contribution in [2.24, 2.45) is 11.8 Å². The second-order valence-corrected chi connectivity index (χ2v) is 7.81. The Kier molecular flexibility index (Phi) is 7.31. The van der Waals surface area contributed by atoms with Gasteiger partial charge in [0, 0.05) is 6.54 Å². The van der Waals surface area contributed by atoms with E-state index in [9.17, 15) is 19.2 Å². The summed E-state index contributed by atoms with van der Waals surface area (Å²) < 4.78 is 5.14. The highest BCUT2D eigenvalue weighted by Crippen LogP contribution is 2.27. The van der Waals surface area contributed by atoms with E-state index in [1.807, 2.05) is 27.7 Å². The van der Waals surface area contributed by atoms with Crippen LogP contribution in [-0.2, 0) is 14.3 Å². The average Bonchev–Trinajstić information content (AvgIpc) is 2.88. The Morgan fingerprint density at radius 2 is 1.57 bits per heavy atom. The van der Waals surface area contributed by atoms with Gasteiger partial charge in [-0.25, -0.2) is 4.79 Å². The topological polar surface area (TPSA) is 92.8 Å². The van der Waals surface area contributed by atoms with Crippen LogP contribution in [0.25, 0.3) is 0 Å². The lowest BCUT2D eigenvalue weighted by molar-refractivity contribution is -0.152. The van der Waals surface area contributed by atoms with Crippen molar-refractivity contribution in [3.63, 3.8) is 0 Å². The van der Waals surface area contributed by atoms with Gasteiger partial charge < -0.3 is 10.1 Å². The highest BCUT2D eigenvalue weighted by atomic mass is 16.5. The fourth-order valence-corrected chi connectivity index (χ4v) is 3.03. The molecule has 1 heterocycles. The number of fused-ring (bicyclic) bond motifs is 1. The standard InChI is InChI=1S/C21H28N2O5/c1-13(2)9-10-22-18(24)12-28-21(27)17(11-14(3)4)23-19(25)15-7-5-6-8-16(15)20(23)26/h5-8,13-14,17H,9-12H2,1-4H3,(H,22,24)/t17-/m1/s1. The van der Waals surface area contributed by atoms with E-state index in [1.165, 1.54) is 0 Å². The molecule has 0 saturated carbocycles. The molecular formula is C21H28N2O5. The molecule has 0 bridgehead atoms. The summed E-state index contributed by atoms with van der Waals surface area (Å²) in [6.07, 6.45) is 1.09. The maximum atomic E-state index is 12.7. The molecule has 0 fully saturated rings. The van der Waals surface area contributed by atoms with E-state index in [4.69, 9.17) is 4.74 Å². The number of ether oxygens (including phenoxy) is 1. The number of nitrogens with one attached hydrogen (secondary N) is 1. The minimum atomic E-state index is -1.06. The normalized spacial score (nSPS) is 14.4. The van der Waals surface area contributed by atoms with Crippen molar-refractivity contribution in [3.8, 4) is 0 Å². The van der Waals surface area contributed by atoms with Crippen molar-refractivity contribution >= 4 is 23.7 Å². The van der Waals surface area contributed by atoms with Gasteiger partial charge in [-0.05, 0) is 36.8 Å². The lowest BCUT2D eigenvalue weighted by atomic mass is 10.0. The van der Waals surface area contributed by atoms with Gasteiger partial charge in [-0.3, -0.25) is 19.3 Å². The molecular weight excluding hydrogens is 360 g/mol. The maximum absolute atomic E-state index is 12.7. The molecule has 1 aromatic rings. The third kappa shape index (κ3) is 5.18. The van der Waals surface area contributed by atoms with Gasteiger partial charge in [-0.15, -0.1) is 0 Å². The molecule has 1 N–H and O–H groups in total. The molecule has 0 aliphatic carbocycles. The van der Waals surface area contributed by atoms with Gasteiger partial charge >= 0.3 is 5.97 Å². The minimum absolute atomic E-state index is 0.0433. The molecule has 2 rings (SSSR count). The van der Waals surface area contributed by atoms with Crippen LogP contribution in [0.4, 0.5) is 0 Å². The number of hydrogen-bond donors (Lipinski definition) is 1. The summed E-state index contributed by atoms with van der Waals surface area (Å²) in [5, 5.41) is 2.69. The first-order valence-corrected chi connectivity index (χ1v) is 9.62. The van der Waals surface area contributed by atoms with E-state index in [1.54, 1.807) is 24.3 Å². The second-order valence-electron chi connectivity index (χ2n) is 7.81. The fraction of sp³-hybridized carbons (Fsp3) is 0.524. The van der Waals surface area contributed by atoms with Gasteiger partial charge in [0.25, 0.3) is 17.7 Å². The fourth-order valence-electron chi connectivity index (χ4n) is 3.03. The first kappa shape index (κ1) is 21.6. The monoisotopic (exact) mass is 388 g/mol. The third-order valence-corrected chi connectivity index (χ3v) is 4.49. The van der Waals surface area contributed by atoms with Gasteiger partial charge in [0.2, 0.25) is 0 Å². The molecule has 1 atom stereocenters. The largest absolute Gasteiger partial charge is 0.454 e. The van der Waals surface area contributed by atoms with Crippen LogP contribution in [0.3, 0.4) is 0 Å². The highest BCUT2D eigenvalue weighted by Gasteiger charge is 2.43. The van der Waals surface area contributed by atoms with Crippen LogP contribution in [0.15, 0.2) is 24.3 Å². The van der Waals surface area contributed by atoms with Crippen LogP contribution in [-0.4, -0.2) is 47.8 Å². The van der Waals surface area contributed by atoms with Crippen LogP contribution in [0.5, 0.6) is 0 Å². The maximum Gasteiger partial charge on any atom is 0.329 e. The average molecular weight is 388 g/mol. The number of rotatable bonds is 9. The van der Waals surface area contributed by atoms with Crippen molar-refractivity contribution in [3.05, 3.63) is 35.4 Å². The molecule has 1 aliphatic heterocycles. The van der Waals surface area contributed by atoms with Crippen LogP contribution >= 0.6 is 0 Å². The van der Waals surface area contributed by atoms with Gasteiger partial charge in [-0.1, -0.05) is 39.8 Å².